The van der Waals surface area contributed by atoms with Gasteiger partial charge in [-0.3, -0.25) is 14.5 Å². The van der Waals surface area contributed by atoms with Crippen LogP contribution in [-0.4, -0.2) is 23.3 Å². The average Bonchev–Trinajstić information content (AvgIpc) is 3.79. The Labute approximate surface area is 307 Å². The minimum absolute atomic E-state index is 0.0997. The molecule has 0 radical (unpaired) electrons. The first-order valence-electron chi connectivity index (χ1n) is 17.9. The van der Waals surface area contributed by atoms with Crippen molar-refractivity contribution in [1.82, 2.24) is 4.90 Å². The van der Waals surface area contributed by atoms with Crippen LogP contribution in [0.1, 0.15) is 162 Å². The first-order chi connectivity index (χ1) is 22.3. The van der Waals surface area contributed by atoms with Crippen LogP contribution in [0.2, 0.25) is 0 Å². The number of carbonyl (C=O) groups is 2. The van der Waals surface area contributed by atoms with Crippen molar-refractivity contribution in [2.24, 2.45) is 5.92 Å². The van der Waals surface area contributed by atoms with Gasteiger partial charge in [-0.1, -0.05) is 111 Å². The zero-order valence-electron chi connectivity index (χ0n) is 28.4. The van der Waals surface area contributed by atoms with Crippen molar-refractivity contribution in [2.45, 2.75) is 143 Å². The van der Waals surface area contributed by atoms with Gasteiger partial charge in [0.25, 0.3) is 11.8 Å². The number of rotatable bonds is 22. The topological polar surface area (TPSA) is 37.4 Å². The van der Waals surface area contributed by atoms with Crippen LogP contribution in [0.15, 0.2) is 19.7 Å². The van der Waals surface area contributed by atoms with E-state index in [0.29, 0.717) is 23.6 Å². The number of aryl methyl sites for hydroxylation is 2. The van der Waals surface area contributed by atoms with E-state index in [1.807, 2.05) is 0 Å². The molecule has 0 fully saturated rings. The number of hydrogen-bond acceptors (Lipinski definition) is 5. The Morgan fingerprint density at radius 2 is 1.04 bits per heavy atom. The van der Waals surface area contributed by atoms with E-state index in [4.69, 9.17) is 0 Å². The number of carbonyl (C=O) groups excluding carboxylic acids is 2. The number of hydrogen-bond donors (Lipinski definition) is 0. The number of amides is 2. The summed E-state index contributed by atoms with van der Waals surface area (Å²) >= 11 is 12.8. The highest BCUT2D eigenvalue weighted by atomic mass is 79.9. The van der Waals surface area contributed by atoms with Crippen LogP contribution < -0.4 is 0 Å². The summed E-state index contributed by atoms with van der Waals surface area (Å²) in [6.45, 7) is 9.42. The lowest BCUT2D eigenvalue weighted by Gasteiger charge is -2.21. The number of halogens is 2. The van der Waals surface area contributed by atoms with E-state index in [-0.39, 0.29) is 11.8 Å². The van der Waals surface area contributed by atoms with Gasteiger partial charge in [0.15, 0.2) is 0 Å². The van der Waals surface area contributed by atoms with Gasteiger partial charge >= 0.3 is 0 Å². The zero-order chi connectivity index (χ0) is 33.1. The van der Waals surface area contributed by atoms with Crippen molar-refractivity contribution in [2.75, 3.05) is 6.54 Å². The second-order valence-electron chi connectivity index (χ2n) is 13.0. The molecule has 1 atom stereocenters. The molecule has 0 saturated carbocycles. The summed E-state index contributed by atoms with van der Waals surface area (Å²) in [6, 6.07) is 4.56. The molecular formula is C38H53Br2NO2S3. The normalized spacial score (nSPS) is 13.7. The predicted molar refractivity (Wildman–Crippen MR) is 209 cm³/mol. The van der Waals surface area contributed by atoms with Gasteiger partial charge in [0.2, 0.25) is 0 Å². The summed E-state index contributed by atoms with van der Waals surface area (Å²) in [4.78, 5) is 34.1. The molecule has 2 amide bonds. The summed E-state index contributed by atoms with van der Waals surface area (Å²) in [5.74, 6) is 0.141. The summed E-state index contributed by atoms with van der Waals surface area (Å²) in [5, 5.41) is 0. The molecule has 0 spiro atoms. The van der Waals surface area contributed by atoms with Crippen molar-refractivity contribution < 1.29 is 9.59 Å². The smallest absolute Gasteiger partial charge is 0.263 e. The highest BCUT2D eigenvalue weighted by molar-refractivity contribution is 9.11. The Morgan fingerprint density at radius 3 is 1.48 bits per heavy atom. The van der Waals surface area contributed by atoms with Gasteiger partial charge in [0.05, 0.1) is 28.5 Å². The maximum atomic E-state index is 14.2. The van der Waals surface area contributed by atoms with Gasteiger partial charge in [0, 0.05) is 16.3 Å². The predicted octanol–water partition coefficient (Wildman–Crippen LogP) is 14.3. The molecule has 0 aromatic carbocycles. The summed E-state index contributed by atoms with van der Waals surface area (Å²) < 4.78 is 2.30. The lowest BCUT2D eigenvalue weighted by molar-refractivity contribution is 0.0624. The first kappa shape index (κ1) is 38.0. The number of nitrogens with zero attached hydrogens (tertiary/aromatic N) is 1. The molecule has 1 unspecified atom stereocenters. The quantitative estimate of drug-likeness (QED) is 0.0749. The standard InChI is InChI=1S/C38H53Br2NO2S3/c1-5-9-12-14-16-18-21-27-23-29(44-35(27)39)33-31-32(38(43)41(37(31)42)25-26(8-4)20-11-7-3)34(46-33)30-24-28(36(40)45-30)22-19-17-15-13-10-6-2/h23-24,26H,5-22,25H2,1-4H3. The van der Waals surface area contributed by atoms with Gasteiger partial charge < -0.3 is 0 Å². The third-order valence-corrected chi connectivity index (χ3v) is 14.8. The van der Waals surface area contributed by atoms with Crippen molar-refractivity contribution in [1.29, 1.82) is 0 Å². The fourth-order valence-electron chi connectivity index (χ4n) is 6.46. The molecule has 4 rings (SSSR count). The van der Waals surface area contributed by atoms with E-state index in [1.54, 1.807) is 38.9 Å². The van der Waals surface area contributed by atoms with Crippen molar-refractivity contribution in [3.63, 3.8) is 0 Å². The largest absolute Gasteiger partial charge is 0.274 e. The van der Waals surface area contributed by atoms with Gasteiger partial charge in [0.1, 0.15) is 0 Å². The molecule has 4 heterocycles. The Kier molecular flexibility index (Phi) is 16.0. The van der Waals surface area contributed by atoms with E-state index < -0.39 is 0 Å². The van der Waals surface area contributed by atoms with Crippen LogP contribution in [0.5, 0.6) is 0 Å². The van der Waals surface area contributed by atoms with Crippen molar-refractivity contribution in [3.8, 4) is 19.5 Å². The fraction of sp³-hybridized carbons (Fsp3) is 0.632. The highest BCUT2D eigenvalue weighted by Crippen LogP contribution is 2.51. The lowest BCUT2D eigenvalue weighted by atomic mass is 9.99. The second kappa shape index (κ2) is 19.4. The highest BCUT2D eigenvalue weighted by Gasteiger charge is 2.43. The number of fused-ring (bicyclic) bond motifs is 1. The Morgan fingerprint density at radius 1 is 0.609 bits per heavy atom. The summed E-state index contributed by atoms with van der Waals surface area (Å²) in [5.41, 5.74) is 3.91. The summed E-state index contributed by atoms with van der Waals surface area (Å²) in [6.07, 6.45) is 21.6. The molecule has 0 N–H and O–H groups in total. The number of imide groups is 1. The molecule has 46 heavy (non-hydrogen) atoms. The molecular weight excluding hydrogens is 758 g/mol. The van der Waals surface area contributed by atoms with Crippen LogP contribution >= 0.6 is 65.9 Å². The van der Waals surface area contributed by atoms with Gasteiger partial charge in [-0.15, -0.1) is 34.0 Å². The first-order valence-corrected chi connectivity index (χ1v) is 22.0. The van der Waals surface area contributed by atoms with Crippen LogP contribution in [-0.2, 0) is 12.8 Å². The van der Waals surface area contributed by atoms with Crippen LogP contribution in [0.3, 0.4) is 0 Å². The molecule has 3 nitrogen and oxygen atoms in total. The number of unbranched alkanes of at least 4 members (excludes halogenated alkanes) is 11. The Bertz CT molecular complexity index is 1330. The monoisotopic (exact) mass is 809 g/mol. The third-order valence-electron chi connectivity index (χ3n) is 9.37. The zero-order valence-corrected chi connectivity index (χ0v) is 34.0. The minimum Gasteiger partial charge on any atom is -0.274 e. The van der Waals surface area contributed by atoms with E-state index in [2.05, 4.69) is 71.7 Å². The molecule has 3 aromatic heterocycles. The lowest BCUT2D eigenvalue weighted by Crippen LogP contribution is -2.34. The van der Waals surface area contributed by atoms with Crippen molar-refractivity contribution >= 4 is 77.7 Å². The fourth-order valence-corrected chi connectivity index (χ4v) is 11.5. The SMILES string of the molecule is CCCCCCCCc1cc(-c2sc(-c3cc(CCCCCCCC)c(Br)s3)c3c2C(=O)N(CC(CC)CCCC)C3=O)sc1Br. The van der Waals surface area contributed by atoms with Gasteiger partial charge in [-0.2, -0.15) is 0 Å². The van der Waals surface area contributed by atoms with E-state index in [1.165, 1.54) is 88.2 Å². The molecule has 8 heteroatoms. The molecule has 0 aliphatic carbocycles. The maximum absolute atomic E-state index is 14.2. The van der Waals surface area contributed by atoms with Crippen molar-refractivity contribution in [3.05, 3.63) is 42.0 Å². The van der Waals surface area contributed by atoms with Crippen LogP contribution in [0, 0.1) is 5.92 Å². The Balaban J connectivity index is 1.63. The minimum atomic E-state index is -0.0997. The Hall–Kier alpha value is -0.800. The van der Waals surface area contributed by atoms with E-state index in [0.717, 1.165) is 65.6 Å². The second-order valence-corrected chi connectivity index (χ2v) is 18.8. The molecule has 1 aliphatic rings. The number of thiophene rings is 3. The summed E-state index contributed by atoms with van der Waals surface area (Å²) in [7, 11) is 0. The van der Waals surface area contributed by atoms with Gasteiger partial charge in [-0.25, -0.2) is 0 Å². The molecule has 0 saturated heterocycles. The van der Waals surface area contributed by atoms with Crippen LogP contribution in [0.25, 0.3) is 19.5 Å². The molecule has 3 aromatic rings. The molecule has 0 bridgehead atoms. The molecule has 254 valence electrons. The van der Waals surface area contributed by atoms with E-state index >= 15 is 0 Å². The van der Waals surface area contributed by atoms with Gasteiger partial charge in [-0.05, 0) is 93.1 Å². The maximum Gasteiger partial charge on any atom is 0.263 e. The average molecular weight is 812 g/mol. The van der Waals surface area contributed by atoms with E-state index in [9.17, 15) is 9.59 Å². The third kappa shape index (κ3) is 9.67. The molecule has 1 aliphatic heterocycles. The van der Waals surface area contributed by atoms with Crippen LogP contribution in [0.4, 0.5) is 0 Å².